The van der Waals surface area contributed by atoms with Gasteiger partial charge in [-0.05, 0) is 35.7 Å². The molecule has 2 aromatic carbocycles. The lowest BCUT2D eigenvalue weighted by Crippen LogP contribution is -1.91. The predicted octanol–water partition coefficient (Wildman–Crippen LogP) is 3.70. The smallest absolute Gasteiger partial charge is 0.0367 e. The van der Waals surface area contributed by atoms with Crippen LogP contribution >= 0.6 is 0 Å². The quantitative estimate of drug-likeness (QED) is 0.774. The lowest BCUT2D eigenvalue weighted by atomic mass is 10.0. The average Bonchev–Trinajstić information content (AvgIpc) is 2.30. The van der Waals surface area contributed by atoms with Crippen LogP contribution in [0.4, 0.5) is 5.69 Å². The minimum absolute atomic E-state index is 1.19. The summed E-state index contributed by atoms with van der Waals surface area (Å²) in [5, 5.41) is 3.17. The summed E-state index contributed by atoms with van der Waals surface area (Å²) in [6, 6.07) is 16.9. The molecule has 0 aliphatic rings. The second kappa shape index (κ2) is 4.18. The van der Waals surface area contributed by atoms with Crippen molar-refractivity contribution in [3.8, 4) is 11.1 Å². The number of aryl methyl sites for hydroxylation is 1. The Hall–Kier alpha value is -1.76. The highest BCUT2D eigenvalue weighted by Crippen LogP contribution is 2.24. The summed E-state index contributed by atoms with van der Waals surface area (Å²) in [6.45, 7) is 2.12. The van der Waals surface area contributed by atoms with Crippen LogP contribution in [-0.2, 0) is 0 Å². The van der Waals surface area contributed by atoms with E-state index in [1.807, 2.05) is 13.1 Å². The highest BCUT2D eigenvalue weighted by molar-refractivity contribution is 5.68. The molecule has 0 heterocycles. The van der Waals surface area contributed by atoms with Gasteiger partial charge in [0.1, 0.15) is 0 Å². The van der Waals surface area contributed by atoms with Crippen molar-refractivity contribution in [3.63, 3.8) is 0 Å². The molecule has 0 unspecified atom stereocenters. The molecule has 0 aliphatic heterocycles. The van der Waals surface area contributed by atoms with Gasteiger partial charge in [-0.2, -0.15) is 0 Å². The maximum Gasteiger partial charge on any atom is 0.0367 e. The highest BCUT2D eigenvalue weighted by atomic mass is 14.8. The minimum atomic E-state index is 1.19. The van der Waals surface area contributed by atoms with Crippen molar-refractivity contribution >= 4 is 5.69 Å². The molecule has 1 nitrogen and oxygen atoms in total. The van der Waals surface area contributed by atoms with Crippen molar-refractivity contribution in [3.05, 3.63) is 54.1 Å². The summed E-state index contributed by atoms with van der Waals surface area (Å²) in [5.74, 6) is 0. The number of hydrogen-bond acceptors (Lipinski definition) is 1. The van der Waals surface area contributed by atoms with Gasteiger partial charge < -0.3 is 5.32 Å². The van der Waals surface area contributed by atoms with Gasteiger partial charge in [-0.1, -0.05) is 36.4 Å². The lowest BCUT2D eigenvalue weighted by molar-refractivity contribution is 1.40. The van der Waals surface area contributed by atoms with Crippen molar-refractivity contribution in [1.82, 2.24) is 0 Å². The van der Waals surface area contributed by atoms with E-state index in [1.54, 1.807) is 0 Å². The van der Waals surface area contributed by atoms with Crippen molar-refractivity contribution in [2.24, 2.45) is 0 Å². The van der Waals surface area contributed by atoms with Gasteiger partial charge >= 0.3 is 0 Å². The molecule has 2 aromatic rings. The summed E-state index contributed by atoms with van der Waals surface area (Å²) >= 11 is 0. The van der Waals surface area contributed by atoms with Gasteiger partial charge in [0.15, 0.2) is 0 Å². The van der Waals surface area contributed by atoms with E-state index in [9.17, 15) is 0 Å². The van der Waals surface area contributed by atoms with Crippen LogP contribution in [0.25, 0.3) is 11.1 Å². The second-order valence-corrected chi connectivity index (χ2v) is 3.65. The molecule has 0 radical (unpaired) electrons. The van der Waals surface area contributed by atoms with E-state index < -0.39 is 0 Å². The highest BCUT2D eigenvalue weighted by Gasteiger charge is 1.99. The number of rotatable bonds is 2. The minimum Gasteiger partial charge on any atom is -0.388 e. The SMILES string of the molecule is CNc1ccc(-c2ccccc2)cc1C. The van der Waals surface area contributed by atoms with Gasteiger partial charge in [-0.15, -0.1) is 0 Å². The fraction of sp³-hybridized carbons (Fsp3) is 0.143. The van der Waals surface area contributed by atoms with E-state index in [0.29, 0.717) is 0 Å². The Morgan fingerprint density at radius 1 is 0.867 bits per heavy atom. The van der Waals surface area contributed by atoms with Crippen LogP contribution in [0.1, 0.15) is 5.56 Å². The number of benzene rings is 2. The summed E-state index contributed by atoms with van der Waals surface area (Å²) in [5.41, 5.74) is 5.00. The molecule has 1 N–H and O–H groups in total. The van der Waals surface area contributed by atoms with E-state index in [-0.39, 0.29) is 0 Å². The molecule has 0 saturated heterocycles. The van der Waals surface area contributed by atoms with Crippen molar-refractivity contribution in [2.45, 2.75) is 6.92 Å². The molecule has 0 amide bonds. The average molecular weight is 197 g/mol. The Morgan fingerprint density at radius 3 is 2.20 bits per heavy atom. The molecule has 0 fully saturated rings. The van der Waals surface area contributed by atoms with Gasteiger partial charge in [0, 0.05) is 12.7 Å². The molecule has 0 saturated carbocycles. The topological polar surface area (TPSA) is 12.0 Å². The molecule has 0 spiro atoms. The molecule has 2 rings (SSSR count). The van der Waals surface area contributed by atoms with Crippen LogP contribution in [0.2, 0.25) is 0 Å². The van der Waals surface area contributed by atoms with Crippen LogP contribution in [0, 0.1) is 6.92 Å². The lowest BCUT2D eigenvalue weighted by Gasteiger charge is -2.07. The maximum absolute atomic E-state index is 3.17. The first-order valence-electron chi connectivity index (χ1n) is 5.15. The van der Waals surface area contributed by atoms with Crippen molar-refractivity contribution < 1.29 is 0 Å². The summed E-state index contributed by atoms with van der Waals surface area (Å²) < 4.78 is 0. The molecular weight excluding hydrogens is 182 g/mol. The van der Waals surface area contributed by atoms with E-state index in [0.717, 1.165) is 0 Å². The number of nitrogens with one attached hydrogen (secondary N) is 1. The third-order valence-corrected chi connectivity index (χ3v) is 2.60. The van der Waals surface area contributed by atoms with E-state index >= 15 is 0 Å². The fourth-order valence-electron chi connectivity index (χ4n) is 1.75. The normalized spacial score (nSPS) is 10.0. The third-order valence-electron chi connectivity index (χ3n) is 2.60. The Kier molecular flexibility index (Phi) is 2.72. The third kappa shape index (κ3) is 2.01. The Bertz CT molecular complexity index is 446. The van der Waals surface area contributed by atoms with Gasteiger partial charge in [0.2, 0.25) is 0 Å². The molecule has 15 heavy (non-hydrogen) atoms. The Balaban J connectivity index is 2.43. The summed E-state index contributed by atoms with van der Waals surface area (Å²) in [4.78, 5) is 0. The predicted molar refractivity (Wildman–Crippen MR) is 66.2 cm³/mol. The van der Waals surface area contributed by atoms with Crippen LogP contribution < -0.4 is 5.32 Å². The van der Waals surface area contributed by atoms with Gasteiger partial charge in [-0.25, -0.2) is 0 Å². The monoisotopic (exact) mass is 197 g/mol. The van der Waals surface area contributed by atoms with E-state index in [4.69, 9.17) is 0 Å². The van der Waals surface area contributed by atoms with Crippen LogP contribution in [0.5, 0.6) is 0 Å². The van der Waals surface area contributed by atoms with Gasteiger partial charge in [0.25, 0.3) is 0 Å². The molecule has 1 heteroatoms. The first-order valence-corrected chi connectivity index (χ1v) is 5.15. The molecule has 0 atom stereocenters. The Morgan fingerprint density at radius 2 is 1.60 bits per heavy atom. The zero-order chi connectivity index (χ0) is 10.7. The second-order valence-electron chi connectivity index (χ2n) is 3.65. The van der Waals surface area contributed by atoms with Crippen molar-refractivity contribution in [1.29, 1.82) is 0 Å². The largest absolute Gasteiger partial charge is 0.388 e. The fourth-order valence-corrected chi connectivity index (χ4v) is 1.75. The first kappa shape index (κ1) is 9.78. The summed E-state index contributed by atoms with van der Waals surface area (Å²) in [7, 11) is 1.95. The van der Waals surface area contributed by atoms with E-state index in [2.05, 4.69) is 54.7 Å². The zero-order valence-corrected chi connectivity index (χ0v) is 9.12. The zero-order valence-electron chi connectivity index (χ0n) is 9.12. The molecule has 0 aromatic heterocycles. The molecular formula is C14H15N. The van der Waals surface area contributed by atoms with Crippen LogP contribution in [-0.4, -0.2) is 7.05 Å². The van der Waals surface area contributed by atoms with Crippen molar-refractivity contribution in [2.75, 3.05) is 12.4 Å². The van der Waals surface area contributed by atoms with Crippen LogP contribution in [0.15, 0.2) is 48.5 Å². The molecule has 0 bridgehead atoms. The standard InChI is InChI=1S/C14H15N/c1-11-10-13(8-9-14(11)15-2)12-6-4-3-5-7-12/h3-10,15H,1-2H3. The van der Waals surface area contributed by atoms with E-state index in [1.165, 1.54) is 22.4 Å². The molecule has 76 valence electrons. The Labute approximate surface area is 90.8 Å². The first-order chi connectivity index (χ1) is 7.31. The molecule has 0 aliphatic carbocycles. The maximum atomic E-state index is 3.17. The van der Waals surface area contributed by atoms with Gasteiger partial charge in [0.05, 0.1) is 0 Å². The number of hydrogen-bond donors (Lipinski definition) is 1. The van der Waals surface area contributed by atoms with Gasteiger partial charge in [-0.3, -0.25) is 0 Å². The van der Waals surface area contributed by atoms with Crippen LogP contribution in [0.3, 0.4) is 0 Å². The summed E-state index contributed by atoms with van der Waals surface area (Å²) in [6.07, 6.45) is 0. The number of anilines is 1.